The van der Waals surface area contributed by atoms with Gasteiger partial charge in [-0.15, -0.1) is 0 Å². The Balaban J connectivity index is 0.000000156. The Bertz CT molecular complexity index is 637. The number of halogens is 1. The number of hydrogen-bond donors (Lipinski definition) is 2. The molecule has 0 aromatic heterocycles. The van der Waals surface area contributed by atoms with Gasteiger partial charge in [0.1, 0.15) is 5.82 Å². The molecule has 25 heavy (non-hydrogen) atoms. The third-order valence-corrected chi connectivity index (χ3v) is 4.13. The number of nitrogens with one attached hydrogen (secondary N) is 1. The molecule has 0 bridgehead atoms. The van der Waals surface area contributed by atoms with Crippen LogP contribution in [-0.4, -0.2) is 30.6 Å². The largest absolute Gasteiger partial charge is 0.351 e. The van der Waals surface area contributed by atoms with E-state index in [2.05, 4.69) is 11.4 Å². The first-order chi connectivity index (χ1) is 12.2. The summed E-state index contributed by atoms with van der Waals surface area (Å²) < 4.78 is 11.9. The first kappa shape index (κ1) is 18.9. The lowest BCUT2D eigenvalue weighted by Gasteiger charge is -2.26. The first-order valence-corrected chi connectivity index (χ1v) is 8.69. The second-order valence-corrected chi connectivity index (χ2v) is 6.03. The van der Waals surface area contributed by atoms with Crippen LogP contribution in [-0.2, 0) is 13.0 Å². The van der Waals surface area contributed by atoms with E-state index in [-0.39, 0.29) is 11.8 Å². The third kappa shape index (κ3) is 6.93. The normalized spacial score (nSPS) is 15.2. The predicted molar refractivity (Wildman–Crippen MR) is 98.6 cm³/mol. The second-order valence-electron chi connectivity index (χ2n) is 6.03. The molecule has 4 nitrogen and oxygen atoms in total. The van der Waals surface area contributed by atoms with E-state index in [1.54, 1.807) is 23.1 Å². The minimum atomic E-state index is -0.325. The molecule has 1 fully saturated rings. The number of hydrogen-bond acceptors (Lipinski definition) is 2. The van der Waals surface area contributed by atoms with E-state index in [0.717, 1.165) is 13.0 Å². The average molecular weight is 343 g/mol. The number of amides is 2. The zero-order chi connectivity index (χ0) is 17.9. The number of carbonyl (C=O) groups excluding carboxylic acids is 1. The summed E-state index contributed by atoms with van der Waals surface area (Å²) in [5, 5.41) is 3.22. The summed E-state index contributed by atoms with van der Waals surface area (Å²) in [7, 11) is 0. The molecule has 4 rings (SSSR count). The van der Waals surface area contributed by atoms with Crippen molar-refractivity contribution in [3.05, 3.63) is 71.5 Å². The lowest BCUT2D eigenvalue weighted by molar-refractivity contribution is 0.202. The Morgan fingerprint density at radius 2 is 1.56 bits per heavy atom. The molecule has 2 aliphatic heterocycles. The van der Waals surface area contributed by atoms with Gasteiger partial charge in [-0.3, -0.25) is 0 Å². The number of benzene rings is 2. The van der Waals surface area contributed by atoms with Crippen LogP contribution in [0.5, 0.6) is 0 Å². The summed E-state index contributed by atoms with van der Waals surface area (Å²) >= 11 is 0. The van der Waals surface area contributed by atoms with Crippen molar-refractivity contribution < 1.29 is 9.18 Å². The zero-order valence-corrected chi connectivity index (χ0v) is 14.5. The summed E-state index contributed by atoms with van der Waals surface area (Å²) in [4.78, 5) is 12.6. The first-order valence-electron chi connectivity index (χ1n) is 8.69. The minimum Gasteiger partial charge on any atom is -0.351 e. The van der Waals surface area contributed by atoms with Gasteiger partial charge in [-0.05, 0) is 55.6 Å². The maximum Gasteiger partial charge on any atom is 0.315 e. The lowest BCUT2D eigenvalue weighted by atomic mass is 10.0. The maximum atomic E-state index is 11.9. The fourth-order valence-electron chi connectivity index (χ4n) is 2.72. The lowest BCUT2D eigenvalue weighted by Crippen LogP contribution is -2.39. The van der Waals surface area contributed by atoms with E-state index in [1.165, 1.54) is 49.2 Å². The number of fused-ring (bicyclic) bond motifs is 1. The van der Waals surface area contributed by atoms with Crippen molar-refractivity contribution in [2.45, 2.75) is 25.8 Å². The highest BCUT2D eigenvalue weighted by atomic mass is 19.1. The van der Waals surface area contributed by atoms with Gasteiger partial charge in [0, 0.05) is 13.1 Å². The average Bonchev–Trinajstić information content (AvgIpc) is 3.22. The summed E-state index contributed by atoms with van der Waals surface area (Å²) in [6.07, 6.45) is 3.69. The van der Waals surface area contributed by atoms with Crippen LogP contribution < -0.4 is 11.1 Å². The monoisotopic (exact) mass is 343 g/mol. The smallest absolute Gasteiger partial charge is 0.315 e. The maximum absolute atomic E-state index is 11.9. The highest BCUT2D eigenvalue weighted by Crippen LogP contribution is 2.17. The van der Waals surface area contributed by atoms with Crippen molar-refractivity contribution in [1.82, 2.24) is 10.2 Å². The molecular weight excluding hydrogens is 317 g/mol. The van der Waals surface area contributed by atoms with Gasteiger partial charge < -0.3 is 16.0 Å². The van der Waals surface area contributed by atoms with E-state index in [4.69, 9.17) is 5.73 Å². The Kier molecular flexibility index (Phi) is 7.92. The van der Waals surface area contributed by atoms with Crippen molar-refractivity contribution >= 4 is 6.03 Å². The van der Waals surface area contributed by atoms with E-state index >= 15 is 0 Å². The zero-order valence-electron chi connectivity index (χ0n) is 14.5. The Hall–Kier alpha value is -2.40. The predicted octanol–water partition coefficient (Wildman–Crippen LogP) is 3.32. The molecule has 0 atom stereocenters. The van der Waals surface area contributed by atoms with Crippen LogP contribution in [0.1, 0.15) is 24.0 Å². The van der Waals surface area contributed by atoms with Gasteiger partial charge >= 0.3 is 6.03 Å². The molecule has 0 spiro atoms. The van der Waals surface area contributed by atoms with Gasteiger partial charge in [-0.25, -0.2) is 9.18 Å². The van der Waals surface area contributed by atoms with Crippen LogP contribution >= 0.6 is 0 Å². The highest BCUT2D eigenvalue weighted by Gasteiger charge is 2.17. The van der Waals surface area contributed by atoms with Crippen LogP contribution in [0, 0.1) is 5.82 Å². The molecule has 0 aliphatic carbocycles. The van der Waals surface area contributed by atoms with E-state index in [1.807, 2.05) is 18.2 Å². The second kappa shape index (κ2) is 10.5. The number of carbonyl (C=O) groups is 1. The fraction of sp³-hybridized carbons (Fsp3) is 0.350. The SMILES string of the molecule is C1CCNC1.Fc1ccccc1.NC(=O)N1CCc2ccccc2C1. The number of nitrogens with zero attached hydrogens (tertiary/aromatic N) is 1. The number of urea groups is 1. The van der Waals surface area contributed by atoms with Crippen LogP contribution in [0.3, 0.4) is 0 Å². The molecule has 0 radical (unpaired) electrons. The van der Waals surface area contributed by atoms with Gasteiger partial charge in [0.05, 0.1) is 0 Å². The van der Waals surface area contributed by atoms with Gasteiger partial charge in [-0.2, -0.15) is 0 Å². The molecule has 3 N–H and O–H groups in total. The van der Waals surface area contributed by atoms with Crippen molar-refractivity contribution in [3.8, 4) is 0 Å². The molecule has 134 valence electrons. The quantitative estimate of drug-likeness (QED) is 0.771. The third-order valence-electron chi connectivity index (χ3n) is 4.13. The molecule has 5 heteroatoms. The van der Waals surface area contributed by atoms with Crippen LogP contribution in [0.2, 0.25) is 0 Å². The molecule has 2 amide bonds. The summed E-state index contributed by atoms with van der Waals surface area (Å²) in [5.41, 5.74) is 7.76. The van der Waals surface area contributed by atoms with Crippen molar-refractivity contribution in [3.63, 3.8) is 0 Å². The highest BCUT2D eigenvalue weighted by molar-refractivity contribution is 5.72. The Morgan fingerprint density at radius 3 is 2.04 bits per heavy atom. The molecule has 2 aliphatic rings. The van der Waals surface area contributed by atoms with Crippen molar-refractivity contribution in [1.29, 1.82) is 0 Å². The van der Waals surface area contributed by atoms with E-state index in [0.29, 0.717) is 6.54 Å². The molecule has 2 heterocycles. The Labute approximate surface area is 148 Å². The molecule has 0 unspecified atom stereocenters. The molecule has 2 aromatic carbocycles. The fourth-order valence-corrected chi connectivity index (χ4v) is 2.72. The molecular formula is C20H26FN3O. The molecule has 0 saturated carbocycles. The summed E-state index contributed by atoms with van der Waals surface area (Å²) in [6.45, 7) is 3.90. The topological polar surface area (TPSA) is 58.4 Å². The van der Waals surface area contributed by atoms with Gasteiger partial charge in [0.15, 0.2) is 0 Å². The van der Waals surface area contributed by atoms with Gasteiger partial charge in [0.25, 0.3) is 0 Å². The molecule has 2 aromatic rings. The van der Waals surface area contributed by atoms with Crippen molar-refractivity contribution in [2.75, 3.05) is 19.6 Å². The van der Waals surface area contributed by atoms with Gasteiger partial charge in [0.2, 0.25) is 0 Å². The standard InChI is InChI=1S/C10H12N2O.C6H5F.C4H9N/c11-10(13)12-6-5-8-3-1-2-4-9(8)7-12;7-6-4-2-1-3-5-6;1-2-4-5-3-1/h1-4H,5-7H2,(H2,11,13);1-5H;5H,1-4H2. The van der Waals surface area contributed by atoms with Crippen LogP contribution in [0.4, 0.5) is 9.18 Å². The number of rotatable bonds is 0. The minimum absolute atomic E-state index is 0.178. The molecule has 1 saturated heterocycles. The van der Waals surface area contributed by atoms with Crippen LogP contribution in [0.25, 0.3) is 0 Å². The number of nitrogens with two attached hydrogens (primary N) is 1. The van der Waals surface area contributed by atoms with E-state index in [9.17, 15) is 9.18 Å². The van der Waals surface area contributed by atoms with E-state index < -0.39 is 0 Å². The summed E-state index contributed by atoms with van der Waals surface area (Å²) in [6, 6.07) is 15.8. The van der Waals surface area contributed by atoms with Crippen LogP contribution in [0.15, 0.2) is 54.6 Å². The van der Waals surface area contributed by atoms with Crippen molar-refractivity contribution in [2.24, 2.45) is 5.73 Å². The number of primary amides is 1. The van der Waals surface area contributed by atoms with Gasteiger partial charge in [-0.1, -0.05) is 42.5 Å². The summed E-state index contributed by atoms with van der Waals surface area (Å²) in [5.74, 6) is -0.178. The Morgan fingerprint density at radius 1 is 0.960 bits per heavy atom.